The highest BCUT2D eigenvalue weighted by molar-refractivity contribution is 7.86. The third-order valence-corrected chi connectivity index (χ3v) is 4.36. The van der Waals surface area contributed by atoms with Crippen LogP contribution in [0.3, 0.4) is 0 Å². The van der Waals surface area contributed by atoms with Crippen molar-refractivity contribution in [2.75, 3.05) is 0 Å². The number of aliphatic carboxylic acids is 1. The quantitative estimate of drug-likeness (QED) is 0.483. The Bertz CT molecular complexity index is 457. The molecule has 0 bridgehead atoms. The Morgan fingerprint density at radius 1 is 1.33 bits per heavy atom. The number of hydrogen-bond donors (Lipinski definition) is 3. The Hall–Kier alpha value is -1.41. The minimum absolute atomic E-state index is 0.00209. The van der Waals surface area contributed by atoms with Crippen LogP contribution in [0.15, 0.2) is 12.7 Å². The van der Waals surface area contributed by atoms with Gasteiger partial charge < -0.3 is 10.4 Å². The lowest BCUT2D eigenvalue weighted by atomic mass is 9.85. The third-order valence-electron chi connectivity index (χ3n) is 3.03. The lowest BCUT2D eigenvalue weighted by molar-refractivity contribution is -0.143. The fourth-order valence-corrected chi connectivity index (χ4v) is 3.15. The van der Waals surface area contributed by atoms with E-state index in [0.29, 0.717) is 0 Å². The number of carboxylic acid groups (broad SMARTS) is 1. The van der Waals surface area contributed by atoms with E-state index in [1.54, 1.807) is 0 Å². The summed E-state index contributed by atoms with van der Waals surface area (Å²) in [6.45, 7) is 3.23. The van der Waals surface area contributed by atoms with Gasteiger partial charge in [-0.3, -0.25) is 14.1 Å². The van der Waals surface area contributed by atoms with E-state index < -0.39 is 39.2 Å². The summed E-state index contributed by atoms with van der Waals surface area (Å²) >= 11 is 0. The number of carbonyl (C=O) groups is 2. The van der Waals surface area contributed by atoms with Gasteiger partial charge in [-0.2, -0.15) is 8.42 Å². The molecule has 1 saturated carbocycles. The van der Waals surface area contributed by atoms with Crippen LogP contribution >= 0.6 is 0 Å². The Labute approximate surface area is 105 Å². The highest BCUT2D eigenvalue weighted by atomic mass is 32.2. The van der Waals surface area contributed by atoms with Gasteiger partial charge in [0.2, 0.25) is 5.91 Å². The van der Waals surface area contributed by atoms with Gasteiger partial charge in [0.25, 0.3) is 10.1 Å². The Kier molecular flexibility index (Phi) is 4.47. The van der Waals surface area contributed by atoms with Crippen LogP contribution in [0.4, 0.5) is 0 Å². The van der Waals surface area contributed by atoms with Gasteiger partial charge in [0.15, 0.2) is 0 Å². The average molecular weight is 277 g/mol. The van der Waals surface area contributed by atoms with Gasteiger partial charge >= 0.3 is 5.97 Å². The molecule has 3 unspecified atom stereocenters. The smallest absolute Gasteiger partial charge is 0.306 e. The van der Waals surface area contributed by atoms with Crippen LogP contribution in [-0.4, -0.2) is 41.2 Å². The molecule has 8 heteroatoms. The Balaban J connectivity index is 2.89. The summed E-state index contributed by atoms with van der Waals surface area (Å²) in [5.74, 6) is -2.36. The second kappa shape index (κ2) is 5.49. The highest BCUT2D eigenvalue weighted by Crippen LogP contribution is 2.28. The number of rotatable bonds is 4. The van der Waals surface area contributed by atoms with E-state index >= 15 is 0 Å². The van der Waals surface area contributed by atoms with Gasteiger partial charge in [0.1, 0.15) is 5.25 Å². The predicted octanol–water partition coefficient (Wildman–Crippen LogP) is -0.202. The van der Waals surface area contributed by atoms with Crippen molar-refractivity contribution in [2.45, 2.75) is 30.6 Å². The van der Waals surface area contributed by atoms with Crippen molar-refractivity contribution in [3.8, 4) is 0 Å². The number of hydrogen-bond acceptors (Lipinski definition) is 4. The molecule has 0 radical (unpaired) electrons. The number of carbonyl (C=O) groups excluding carboxylic acids is 1. The number of nitrogens with one attached hydrogen (secondary N) is 1. The van der Waals surface area contributed by atoms with Gasteiger partial charge in [-0.05, 0) is 25.3 Å². The zero-order chi connectivity index (χ0) is 13.9. The van der Waals surface area contributed by atoms with Crippen LogP contribution in [0.25, 0.3) is 0 Å². The molecule has 0 aromatic carbocycles. The van der Waals surface area contributed by atoms with Gasteiger partial charge in [0, 0.05) is 6.04 Å². The Morgan fingerprint density at radius 2 is 1.94 bits per heavy atom. The molecule has 1 fully saturated rings. The van der Waals surface area contributed by atoms with E-state index in [2.05, 4.69) is 11.9 Å². The maximum absolute atomic E-state index is 11.2. The summed E-state index contributed by atoms with van der Waals surface area (Å²) in [6, 6.07) is -0.916. The molecular weight excluding hydrogens is 262 g/mol. The summed E-state index contributed by atoms with van der Waals surface area (Å²) in [4.78, 5) is 22.0. The minimum Gasteiger partial charge on any atom is -0.481 e. The molecular formula is C10H15NO6S. The van der Waals surface area contributed by atoms with Crippen molar-refractivity contribution in [1.82, 2.24) is 5.32 Å². The molecule has 0 heterocycles. The molecule has 0 aromatic rings. The van der Waals surface area contributed by atoms with Crippen LogP contribution in [0.1, 0.15) is 19.3 Å². The lowest BCUT2D eigenvalue weighted by Crippen LogP contribution is -2.50. The normalized spacial score (nSPS) is 28.4. The summed E-state index contributed by atoms with van der Waals surface area (Å²) in [7, 11) is -4.32. The number of amides is 1. The van der Waals surface area contributed by atoms with E-state index in [-0.39, 0.29) is 19.3 Å². The summed E-state index contributed by atoms with van der Waals surface area (Å²) < 4.78 is 31.4. The SMILES string of the molecule is C=CC(=O)NC1CC(C(=O)O)CCC1S(=O)(=O)O. The minimum atomic E-state index is -4.32. The van der Waals surface area contributed by atoms with E-state index in [1.807, 2.05) is 0 Å². The molecule has 102 valence electrons. The standard InChI is InChI=1S/C10H15NO6S/c1-2-9(12)11-7-5-6(10(13)14)3-4-8(7)18(15,16)17/h2,6-8H,1,3-5H2,(H,11,12)(H,13,14)(H,15,16,17). The fourth-order valence-electron chi connectivity index (χ4n) is 2.12. The maximum atomic E-state index is 11.2. The van der Waals surface area contributed by atoms with Crippen molar-refractivity contribution in [2.24, 2.45) is 5.92 Å². The van der Waals surface area contributed by atoms with Gasteiger partial charge in [-0.1, -0.05) is 6.58 Å². The van der Waals surface area contributed by atoms with Crippen LogP contribution < -0.4 is 5.32 Å². The molecule has 1 rings (SSSR count). The molecule has 1 aliphatic rings. The van der Waals surface area contributed by atoms with Crippen molar-refractivity contribution >= 4 is 22.0 Å². The molecule has 3 atom stereocenters. The van der Waals surface area contributed by atoms with Crippen molar-refractivity contribution in [3.63, 3.8) is 0 Å². The number of carboxylic acids is 1. The maximum Gasteiger partial charge on any atom is 0.306 e. The largest absolute Gasteiger partial charge is 0.481 e. The van der Waals surface area contributed by atoms with Gasteiger partial charge in [-0.25, -0.2) is 0 Å². The monoisotopic (exact) mass is 277 g/mol. The van der Waals surface area contributed by atoms with Gasteiger partial charge in [-0.15, -0.1) is 0 Å². The summed E-state index contributed by atoms with van der Waals surface area (Å²) in [6.07, 6.45) is 1.09. The first kappa shape index (κ1) is 14.7. The second-order valence-electron chi connectivity index (χ2n) is 4.22. The van der Waals surface area contributed by atoms with Crippen LogP contribution in [0.5, 0.6) is 0 Å². The molecule has 0 aromatic heterocycles. The molecule has 0 aliphatic heterocycles. The zero-order valence-electron chi connectivity index (χ0n) is 9.57. The van der Waals surface area contributed by atoms with Crippen molar-refractivity contribution in [3.05, 3.63) is 12.7 Å². The Morgan fingerprint density at radius 3 is 2.39 bits per heavy atom. The second-order valence-corrected chi connectivity index (χ2v) is 5.86. The molecule has 1 amide bonds. The fraction of sp³-hybridized carbons (Fsp3) is 0.600. The zero-order valence-corrected chi connectivity index (χ0v) is 10.4. The van der Waals surface area contributed by atoms with Gasteiger partial charge in [0.05, 0.1) is 5.92 Å². The first-order valence-electron chi connectivity index (χ1n) is 5.37. The average Bonchev–Trinajstić information content (AvgIpc) is 2.27. The third kappa shape index (κ3) is 3.54. The van der Waals surface area contributed by atoms with Crippen LogP contribution in [0, 0.1) is 5.92 Å². The molecule has 0 spiro atoms. The lowest BCUT2D eigenvalue weighted by Gasteiger charge is -2.32. The van der Waals surface area contributed by atoms with Crippen LogP contribution in [-0.2, 0) is 19.7 Å². The summed E-state index contributed by atoms with van der Waals surface area (Å²) in [5, 5.41) is 10.1. The van der Waals surface area contributed by atoms with E-state index in [1.165, 1.54) is 0 Å². The predicted molar refractivity (Wildman–Crippen MR) is 62.4 cm³/mol. The highest BCUT2D eigenvalue weighted by Gasteiger charge is 2.40. The van der Waals surface area contributed by atoms with Crippen LogP contribution in [0.2, 0.25) is 0 Å². The van der Waals surface area contributed by atoms with E-state index in [4.69, 9.17) is 9.66 Å². The van der Waals surface area contributed by atoms with Crippen molar-refractivity contribution in [1.29, 1.82) is 0 Å². The molecule has 18 heavy (non-hydrogen) atoms. The topological polar surface area (TPSA) is 121 Å². The molecule has 1 aliphatic carbocycles. The first-order valence-corrected chi connectivity index (χ1v) is 6.88. The molecule has 7 nitrogen and oxygen atoms in total. The summed E-state index contributed by atoms with van der Waals surface area (Å²) in [5.41, 5.74) is 0. The molecule has 0 saturated heterocycles. The van der Waals surface area contributed by atoms with E-state index in [9.17, 15) is 18.0 Å². The van der Waals surface area contributed by atoms with Crippen molar-refractivity contribution < 1.29 is 27.7 Å². The molecule has 3 N–H and O–H groups in total. The van der Waals surface area contributed by atoms with E-state index in [0.717, 1.165) is 6.08 Å². The first-order chi connectivity index (χ1) is 8.25.